The third kappa shape index (κ3) is 7.40. The standard InChI is InChI=1S/C68H46N2/c1-4-17-47(18-5-1)55-42-56(48-19-6-2-7-20-48)44-57(43-55)49-35-37-59(38-36-49)69(61-39-40-63-54(46-61)34-33-50-21-10-11-28-62(50)63)60-27-15-23-52(45-60)51-22-14-24-53(41-51)64-30-16-32-67-68(64)65-29-12-13-31-66(65)70(67)58-25-8-3-9-26-58/h1-46H. The van der Waals surface area contributed by atoms with Crippen LogP contribution in [0.15, 0.2) is 279 Å². The number of nitrogens with zero attached hydrogens (tertiary/aromatic N) is 2. The van der Waals surface area contributed by atoms with E-state index in [1.165, 1.54) is 82.3 Å². The Hall–Kier alpha value is -9.24. The second kappa shape index (κ2) is 17.4. The lowest BCUT2D eigenvalue weighted by molar-refractivity contribution is 1.18. The summed E-state index contributed by atoms with van der Waals surface area (Å²) >= 11 is 0. The summed E-state index contributed by atoms with van der Waals surface area (Å²) in [6.45, 7) is 0. The van der Waals surface area contributed by atoms with Crippen LogP contribution in [-0.4, -0.2) is 4.57 Å². The number of para-hydroxylation sites is 2. The Morgan fingerprint density at radius 2 is 0.729 bits per heavy atom. The topological polar surface area (TPSA) is 8.17 Å². The number of hydrogen-bond acceptors (Lipinski definition) is 1. The lowest BCUT2D eigenvalue weighted by Crippen LogP contribution is -2.10. The van der Waals surface area contributed by atoms with E-state index >= 15 is 0 Å². The summed E-state index contributed by atoms with van der Waals surface area (Å²) in [5.74, 6) is 0. The van der Waals surface area contributed by atoms with Crippen molar-refractivity contribution in [3.05, 3.63) is 279 Å². The molecule has 13 rings (SSSR count). The number of hydrogen-bond donors (Lipinski definition) is 0. The maximum Gasteiger partial charge on any atom is 0.0547 e. The van der Waals surface area contributed by atoms with Gasteiger partial charge in [0.15, 0.2) is 0 Å². The van der Waals surface area contributed by atoms with Gasteiger partial charge in [-0.15, -0.1) is 0 Å². The normalized spacial score (nSPS) is 11.4. The number of anilines is 3. The Bertz CT molecular complexity index is 3980. The maximum atomic E-state index is 2.40. The zero-order valence-corrected chi connectivity index (χ0v) is 38.5. The van der Waals surface area contributed by atoms with Gasteiger partial charge in [-0.1, -0.05) is 194 Å². The quantitative estimate of drug-likeness (QED) is 0.131. The molecule has 70 heavy (non-hydrogen) atoms. The summed E-state index contributed by atoms with van der Waals surface area (Å²) in [4.78, 5) is 2.40. The Morgan fingerprint density at radius 3 is 1.46 bits per heavy atom. The molecule has 328 valence electrons. The van der Waals surface area contributed by atoms with Gasteiger partial charge in [0.25, 0.3) is 0 Å². The van der Waals surface area contributed by atoms with Gasteiger partial charge in [-0.25, -0.2) is 0 Å². The first kappa shape index (κ1) is 41.0. The minimum atomic E-state index is 1.08. The molecular formula is C68H46N2. The van der Waals surface area contributed by atoms with Gasteiger partial charge in [0, 0.05) is 33.5 Å². The van der Waals surface area contributed by atoms with Crippen LogP contribution in [0.2, 0.25) is 0 Å². The van der Waals surface area contributed by atoms with E-state index in [9.17, 15) is 0 Å². The van der Waals surface area contributed by atoms with E-state index in [2.05, 4.69) is 289 Å². The molecule has 0 unspecified atom stereocenters. The van der Waals surface area contributed by atoms with Crippen LogP contribution in [-0.2, 0) is 0 Å². The van der Waals surface area contributed by atoms with Gasteiger partial charge in [-0.2, -0.15) is 0 Å². The van der Waals surface area contributed by atoms with Crippen molar-refractivity contribution in [2.45, 2.75) is 0 Å². The molecule has 1 heterocycles. The SMILES string of the molecule is c1ccc(-c2cc(-c3ccccc3)cc(-c3ccc(N(c4cccc(-c5cccc(-c6cccc7c6c6ccccc6n7-c6ccccc6)c5)c4)c4ccc5c(ccc6ccccc65)c4)cc3)c2)cc1. The van der Waals surface area contributed by atoms with Crippen LogP contribution in [0.5, 0.6) is 0 Å². The second-order valence-electron chi connectivity index (χ2n) is 18.1. The highest BCUT2D eigenvalue weighted by Crippen LogP contribution is 2.43. The monoisotopic (exact) mass is 890 g/mol. The first-order chi connectivity index (χ1) is 34.7. The summed E-state index contributed by atoms with van der Waals surface area (Å²) in [5, 5.41) is 7.46. The molecule has 0 aliphatic rings. The van der Waals surface area contributed by atoms with Crippen molar-refractivity contribution >= 4 is 60.4 Å². The van der Waals surface area contributed by atoms with E-state index in [1.807, 2.05) is 0 Å². The molecule has 1 aromatic heterocycles. The number of benzene rings is 12. The van der Waals surface area contributed by atoms with Crippen molar-refractivity contribution in [1.82, 2.24) is 4.57 Å². The van der Waals surface area contributed by atoms with Crippen LogP contribution in [0.3, 0.4) is 0 Å². The Balaban J connectivity index is 0.925. The number of aromatic nitrogens is 1. The largest absolute Gasteiger partial charge is 0.310 e. The molecular weight excluding hydrogens is 845 g/mol. The summed E-state index contributed by atoms with van der Waals surface area (Å²) < 4.78 is 2.39. The molecule has 0 bridgehead atoms. The van der Waals surface area contributed by atoms with Gasteiger partial charge in [0.05, 0.1) is 11.0 Å². The van der Waals surface area contributed by atoms with Crippen molar-refractivity contribution in [2.75, 3.05) is 4.90 Å². The van der Waals surface area contributed by atoms with Crippen molar-refractivity contribution in [1.29, 1.82) is 0 Å². The van der Waals surface area contributed by atoms with Crippen LogP contribution < -0.4 is 4.90 Å². The van der Waals surface area contributed by atoms with Crippen LogP contribution in [0, 0.1) is 0 Å². The Labute approximate surface area is 408 Å². The predicted molar refractivity (Wildman–Crippen MR) is 298 cm³/mol. The summed E-state index contributed by atoms with van der Waals surface area (Å²) in [7, 11) is 0. The zero-order chi connectivity index (χ0) is 46.4. The van der Waals surface area contributed by atoms with Crippen molar-refractivity contribution in [3.63, 3.8) is 0 Å². The van der Waals surface area contributed by atoms with Gasteiger partial charge < -0.3 is 9.47 Å². The fraction of sp³-hybridized carbons (Fsp3) is 0. The lowest BCUT2D eigenvalue weighted by Gasteiger charge is -2.27. The van der Waals surface area contributed by atoms with Gasteiger partial charge >= 0.3 is 0 Å². The van der Waals surface area contributed by atoms with E-state index in [1.54, 1.807) is 0 Å². The van der Waals surface area contributed by atoms with Crippen LogP contribution in [0.4, 0.5) is 17.1 Å². The van der Waals surface area contributed by atoms with Crippen LogP contribution in [0.25, 0.3) is 105 Å². The first-order valence-corrected chi connectivity index (χ1v) is 24.1. The highest BCUT2D eigenvalue weighted by atomic mass is 15.1. The average molecular weight is 891 g/mol. The molecule has 2 heteroatoms. The fourth-order valence-electron chi connectivity index (χ4n) is 10.6. The third-order valence-electron chi connectivity index (χ3n) is 13.9. The minimum Gasteiger partial charge on any atom is -0.310 e. The van der Waals surface area contributed by atoms with Crippen molar-refractivity contribution in [3.8, 4) is 61.3 Å². The third-order valence-corrected chi connectivity index (χ3v) is 13.9. The molecule has 2 nitrogen and oxygen atoms in total. The summed E-state index contributed by atoms with van der Waals surface area (Å²) in [6.07, 6.45) is 0. The van der Waals surface area contributed by atoms with Crippen molar-refractivity contribution in [2.24, 2.45) is 0 Å². The Morgan fingerprint density at radius 1 is 0.243 bits per heavy atom. The van der Waals surface area contributed by atoms with Crippen molar-refractivity contribution < 1.29 is 0 Å². The molecule has 0 spiro atoms. The summed E-state index contributed by atoms with van der Waals surface area (Å²) in [6, 6.07) is 102. The molecule has 13 aromatic rings. The van der Waals surface area contributed by atoms with E-state index in [0.29, 0.717) is 0 Å². The maximum absolute atomic E-state index is 2.40. The lowest BCUT2D eigenvalue weighted by atomic mass is 9.93. The van der Waals surface area contributed by atoms with E-state index in [-0.39, 0.29) is 0 Å². The molecule has 0 amide bonds. The molecule has 0 saturated heterocycles. The highest BCUT2D eigenvalue weighted by Gasteiger charge is 2.19. The van der Waals surface area contributed by atoms with E-state index in [4.69, 9.17) is 0 Å². The van der Waals surface area contributed by atoms with E-state index in [0.717, 1.165) is 39.4 Å². The smallest absolute Gasteiger partial charge is 0.0547 e. The summed E-state index contributed by atoms with van der Waals surface area (Å²) in [5.41, 5.74) is 18.7. The molecule has 0 saturated carbocycles. The molecule has 0 radical (unpaired) electrons. The predicted octanol–water partition coefficient (Wildman–Crippen LogP) is 18.9. The van der Waals surface area contributed by atoms with Gasteiger partial charge in [0.2, 0.25) is 0 Å². The van der Waals surface area contributed by atoms with E-state index < -0.39 is 0 Å². The van der Waals surface area contributed by atoms with Gasteiger partial charge in [-0.05, 0) is 162 Å². The van der Waals surface area contributed by atoms with Crippen LogP contribution >= 0.6 is 0 Å². The molecule has 0 aliphatic carbocycles. The number of rotatable bonds is 9. The second-order valence-corrected chi connectivity index (χ2v) is 18.1. The highest BCUT2D eigenvalue weighted by molar-refractivity contribution is 6.16. The average Bonchev–Trinajstić information content (AvgIpc) is 3.78. The molecule has 0 atom stereocenters. The Kier molecular flexibility index (Phi) is 10.2. The fourth-order valence-corrected chi connectivity index (χ4v) is 10.6. The zero-order valence-electron chi connectivity index (χ0n) is 38.5. The van der Waals surface area contributed by atoms with Gasteiger partial charge in [0.1, 0.15) is 0 Å². The minimum absolute atomic E-state index is 1.08. The first-order valence-electron chi connectivity index (χ1n) is 24.1. The van der Waals surface area contributed by atoms with Crippen LogP contribution in [0.1, 0.15) is 0 Å². The molecule has 0 aliphatic heterocycles. The number of fused-ring (bicyclic) bond motifs is 6. The molecule has 0 fully saturated rings. The molecule has 12 aromatic carbocycles. The van der Waals surface area contributed by atoms with Gasteiger partial charge in [-0.3, -0.25) is 0 Å². The molecule has 0 N–H and O–H groups in total.